The van der Waals surface area contributed by atoms with Gasteiger partial charge in [0, 0.05) is 38.3 Å². The Hall–Kier alpha value is -3.53. The second-order valence-corrected chi connectivity index (χ2v) is 8.92. The fourth-order valence-electron chi connectivity index (χ4n) is 3.77. The molecule has 11 nitrogen and oxygen atoms in total. The molecule has 0 bridgehead atoms. The highest BCUT2D eigenvalue weighted by atomic mass is 35.5. The van der Waals surface area contributed by atoms with E-state index in [9.17, 15) is 20.0 Å². The minimum absolute atomic E-state index is 0.0496. The molecular weight excluding hydrogens is 482 g/mol. The monoisotopic (exact) mass is 501 g/mol. The molecule has 0 aromatic carbocycles. The number of hydrogen-bond acceptors (Lipinski definition) is 9. The van der Waals surface area contributed by atoms with Crippen LogP contribution in [0.4, 0.5) is 5.13 Å². The van der Waals surface area contributed by atoms with Crippen LogP contribution in [-0.2, 0) is 4.74 Å². The summed E-state index contributed by atoms with van der Waals surface area (Å²) in [6.07, 6.45) is 3.17. The lowest BCUT2D eigenvalue weighted by Crippen LogP contribution is -2.55. The van der Waals surface area contributed by atoms with E-state index in [0.29, 0.717) is 30.3 Å². The van der Waals surface area contributed by atoms with Crippen molar-refractivity contribution in [2.45, 2.75) is 25.5 Å². The number of nitrogens with zero attached hydrogens (tertiary/aromatic N) is 5. The van der Waals surface area contributed by atoms with Crippen molar-refractivity contribution in [3.63, 3.8) is 0 Å². The van der Waals surface area contributed by atoms with Crippen molar-refractivity contribution in [2.75, 3.05) is 25.1 Å². The van der Waals surface area contributed by atoms with E-state index in [-0.39, 0.29) is 38.7 Å². The zero-order valence-electron chi connectivity index (χ0n) is 18.2. The number of halogens is 1. The van der Waals surface area contributed by atoms with Crippen LogP contribution in [-0.4, -0.2) is 69.3 Å². The fourth-order valence-corrected chi connectivity index (χ4v) is 4.89. The van der Waals surface area contributed by atoms with E-state index in [1.165, 1.54) is 19.5 Å². The number of ether oxygens (including phenoxy) is 1. The number of anilines is 1. The Morgan fingerprint density at radius 2 is 2.15 bits per heavy atom. The average Bonchev–Trinajstić information content (AvgIpc) is 3.41. The van der Waals surface area contributed by atoms with E-state index in [4.69, 9.17) is 16.3 Å². The Kier molecular flexibility index (Phi) is 6.78. The van der Waals surface area contributed by atoms with Crippen LogP contribution < -0.4 is 10.2 Å². The number of methoxy groups -OCH3 is 1. The minimum Gasteiger partial charge on any atom is -0.477 e. The predicted octanol–water partition coefficient (Wildman–Crippen LogP) is 2.48. The first-order chi connectivity index (χ1) is 16.3. The number of hydrogen-bond donors (Lipinski definition) is 3. The molecular formula is C21H20ClN7O4S. The van der Waals surface area contributed by atoms with E-state index in [0.717, 1.165) is 11.3 Å². The molecule has 1 aliphatic rings. The topological polar surface area (TPSA) is 157 Å². The summed E-state index contributed by atoms with van der Waals surface area (Å²) in [5.41, 5.74) is 0.960. The highest BCUT2D eigenvalue weighted by Gasteiger charge is 2.34. The number of aromatic carboxylic acids is 1. The number of carbonyl (C=O) groups excluding carboxylic acids is 1. The van der Waals surface area contributed by atoms with Crippen LogP contribution in [0.25, 0.3) is 11.5 Å². The van der Waals surface area contributed by atoms with Crippen molar-refractivity contribution in [1.82, 2.24) is 25.3 Å². The Morgan fingerprint density at radius 3 is 2.79 bits per heavy atom. The van der Waals surface area contributed by atoms with Crippen molar-refractivity contribution in [1.29, 1.82) is 5.26 Å². The maximum atomic E-state index is 12.8. The largest absolute Gasteiger partial charge is 0.477 e. The van der Waals surface area contributed by atoms with Gasteiger partial charge in [-0.25, -0.2) is 19.7 Å². The van der Waals surface area contributed by atoms with Crippen LogP contribution in [0.15, 0.2) is 18.5 Å². The lowest BCUT2D eigenvalue weighted by Gasteiger charge is -2.37. The van der Waals surface area contributed by atoms with Crippen LogP contribution >= 0.6 is 22.9 Å². The molecule has 1 amide bonds. The quantitative estimate of drug-likeness (QED) is 0.461. The third-order valence-electron chi connectivity index (χ3n) is 5.49. The van der Waals surface area contributed by atoms with Gasteiger partial charge in [0.1, 0.15) is 27.9 Å². The first-order valence-electron chi connectivity index (χ1n) is 10.2. The molecule has 176 valence electrons. The molecule has 3 aromatic rings. The van der Waals surface area contributed by atoms with Crippen LogP contribution in [0.3, 0.4) is 0 Å². The number of rotatable bonds is 6. The molecule has 0 radical (unpaired) electrons. The summed E-state index contributed by atoms with van der Waals surface area (Å²) in [6.45, 7) is 2.56. The van der Waals surface area contributed by atoms with E-state index < -0.39 is 18.0 Å². The number of thiazole rings is 1. The van der Waals surface area contributed by atoms with Gasteiger partial charge in [-0.3, -0.25) is 4.79 Å². The summed E-state index contributed by atoms with van der Waals surface area (Å²) >= 11 is 7.14. The molecule has 1 aliphatic heterocycles. The molecule has 3 N–H and O–H groups in total. The smallest absolute Gasteiger partial charge is 0.348 e. The first-order valence-corrected chi connectivity index (χ1v) is 11.4. The maximum Gasteiger partial charge on any atom is 0.348 e. The predicted molar refractivity (Wildman–Crippen MR) is 124 cm³/mol. The van der Waals surface area contributed by atoms with Gasteiger partial charge in [-0.15, -0.1) is 0 Å². The molecule has 0 aliphatic carbocycles. The summed E-state index contributed by atoms with van der Waals surface area (Å²) in [7, 11) is 1.54. The molecule has 4 rings (SSSR count). The first kappa shape index (κ1) is 23.6. The van der Waals surface area contributed by atoms with E-state index >= 15 is 0 Å². The third-order valence-corrected chi connectivity index (χ3v) is 7.06. The zero-order valence-corrected chi connectivity index (χ0v) is 19.8. The number of aryl methyl sites for hydroxylation is 1. The molecule has 1 saturated heterocycles. The summed E-state index contributed by atoms with van der Waals surface area (Å²) in [5, 5.41) is 22.6. The van der Waals surface area contributed by atoms with Crippen LogP contribution in [0.2, 0.25) is 5.02 Å². The van der Waals surface area contributed by atoms with Crippen molar-refractivity contribution < 1.29 is 19.4 Å². The van der Waals surface area contributed by atoms with Gasteiger partial charge in [0.2, 0.25) is 0 Å². The van der Waals surface area contributed by atoms with Gasteiger partial charge in [0.25, 0.3) is 5.91 Å². The van der Waals surface area contributed by atoms with Crippen molar-refractivity contribution in [3.8, 4) is 17.6 Å². The van der Waals surface area contributed by atoms with Gasteiger partial charge in [-0.2, -0.15) is 5.26 Å². The minimum atomic E-state index is -1.11. The number of carbonyl (C=O) groups is 2. The fraction of sp³-hybridized carbons (Fsp3) is 0.333. The van der Waals surface area contributed by atoms with Gasteiger partial charge >= 0.3 is 5.97 Å². The maximum absolute atomic E-state index is 12.8. The molecule has 0 unspecified atom stereocenters. The summed E-state index contributed by atoms with van der Waals surface area (Å²) < 4.78 is 5.63. The average molecular weight is 502 g/mol. The van der Waals surface area contributed by atoms with E-state index in [1.807, 2.05) is 11.0 Å². The molecule has 2 atom stereocenters. The van der Waals surface area contributed by atoms with Crippen LogP contribution in [0.5, 0.6) is 0 Å². The highest BCUT2D eigenvalue weighted by molar-refractivity contribution is 7.17. The number of piperidine rings is 1. The molecule has 3 aromatic heterocycles. The van der Waals surface area contributed by atoms with Gasteiger partial charge in [-0.05, 0) is 19.4 Å². The van der Waals surface area contributed by atoms with Crippen molar-refractivity contribution in [3.05, 3.63) is 45.3 Å². The Bertz CT molecular complexity index is 1270. The zero-order chi connectivity index (χ0) is 24.4. The summed E-state index contributed by atoms with van der Waals surface area (Å²) in [4.78, 5) is 42.2. The molecule has 0 spiro atoms. The van der Waals surface area contributed by atoms with Gasteiger partial charge in [-0.1, -0.05) is 22.9 Å². The van der Waals surface area contributed by atoms with Crippen molar-refractivity contribution >= 4 is 39.9 Å². The summed E-state index contributed by atoms with van der Waals surface area (Å²) in [6, 6.07) is 3.26. The number of carboxylic acids is 1. The van der Waals surface area contributed by atoms with Gasteiger partial charge in [0.15, 0.2) is 11.0 Å². The normalized spacial score (nSPS) is 17.9. The number of carboxylic acid groups (broad SMARTS) is 1. The van der Waals surface area contributed by atoms with Gasteiger partial charge < -0.3 is 25.0 Å². The van der Waals surface area contributed by atoms with Crippen LogP contribution in [0.1, 0.15) is 37.8 Å². The third kappa shape index (κ3) is 4.45. The number of H-pyrrole nitrogens is 1. The summed E-state index contributed by atoms with van der Waals surface area (Å²) in [5.74, 6) is -1.32. The van der Waals surface area contributed by atoms with Crippen molar-refractivity contribution in [2.24, 2.45) is 0 Å². The second-order valence-electron chi connectivity index (χ2n) is 7.57. The second kappa shape index (κ2) is 9.76. The van der Waals surface area contributed by atoms with Gasteiger partial charge in [0.05, 0.1) is 17.2 Å². The van der Waals surface area contributed by atoms with E-state index in [1.54, 1.807) is 13.0 Å². The number of nitrogens with one attached hydrogen (secondary N) is 2. The molecule has 4 heterocycles. The molecule has 13 heteroatoms. The molecule has 34 heavy (non-hydrogen) atoms. The van der Waals surface area contributed by atoms with Crippen LogP contribution in [0, 0.1) is 18.3 Å². The lowest BCUT2D eigenvalue weighted by atomic mass is 10.0. The Labute approximate surface area is 203 Å². The molecule has 1 fully saturated rings. The highest BCUT2D eigenvalue weighted by Crippen LogP contribution is 2.33. The molecule has 0 saturated carbocycles. The lowest BCUT2D eigenvalue weighted by molar-refractivity contribution is 0.0540. The number of aromatic amines is 1. The number of amides is 1. The number of nitriles is 1. The standard InChI is InChI=1S/C21H20ClN7O4S/c1-10-14(22)11(8-23)15(26-10)19(30)27-12-4-7-29(9-13(12)33-2)21-28-16(17(34-21)20(31)32)18-24-5-3-6-25-18/h3,5-6,12-13,26H,4,7,9H2,1-2H3,(H,27,30)(H,31,32)/t12-,13+/m1/s1. The van der Waals surface area contributed by atoms with E-state index in [2.05, 4.69) is 25.3 Å². The number of aromatic nitrogens is 4. The SMILES string of the molecule is CO[C@H]1CN(c2nc(-c3ncccn3)c(C(=O)O)s2)CC[C@H]1NC(=O)c1[nH]c(C)c(Cl)c1C#N. The Morgan fingerprint density at radius 1 is 1.41 bits per heavy atom. The Balaban J connectivity index is 1.52.